The van der Waals surface area contributed by atoms with Crippen molar-refractivity contribution >= 4 is 11.8 Å². The van der Waals surface area contributed by atoms with Crippen molar-refractivity contribution in [2.45, 2.75) is 32.7 Å². The molecule has 0 spiro atoms. The molecule has 0 bridgehead atoms. The number of carbonyl (C=O) groups is 2. The quantitative estimate of drug-likeness (QED) is 0.861. The molecule has 0 saturated carbocycles. The lowest BCUT2D eigenvalue weighted by Gasteiger charge is -2.41. The van der Waals surface area contributed by atoms with Crippen LogP contribution in [0.2, 0.25) is 0 Å². The molecular formula is C19H23N3O3. The van der Waals surface area contributed by atoms with Gasteiger partial charge in [-0.15, -0.1) is 0 Å². The highest BCUT2D eigenvalue weighted by Gasteiger charge is 2.33. The van der Waals surface area contributed by atoms with Gasteiger partial charge in [-0.25, -0.2) is 0 Å². The lowest BCUT2D eigenvalue weighted by atomic mass is 10.0. The van der Waals surface area contributed by atoms with Gasteiger partial charge in [-0.3, -0.25) is 9.59 Å². The first-order chi connectivity index (χ1) is 12.0. The fourth-order valence-corrected chi connectivity index (χ4v) is 3.12. The molecule has 6 nitrogen and oxygen atoms in total. The fourth-order valence-electron chi connectivity index (χ4n) is 3.12. The van der Waals surface area contributed by atoms with E-state index in [1.54, 1.807) is 17.9 Å². The molecule has 1 atom stereocenters. The van der Waals surface area contributed by atoms with Gasteiger partial charge in [0.15, 0.2) is 0 Å². The van der Waals surface area contributed by atoms with E-state index in [4.69, 9.17) is 4.52 Å². The lowest BCUT2D eigenvalue weighted by Crippen LogP contribution is -2.51. The second-order valence-corrected chi connectivity index (χ2v) is 6.66. The van der Waals surface area contributed by atoms with E-state index in [0.717, 1.165) is 11.3 Å². The van der Waals surface area contributed by atoms with Gasteiger partial charge in [-0.05, 0) is 11.5 Å². The molecule has 0 N–H and O–H groups in total. The van der Waals surface area contributed by atoms with Gasteiger partial charge in [-0.1, -0.05) is 49.3 Å². The first-order valence-electron chi connectivity index (χ1n) is 8.55. The maximum atomic E-state index is 12.8. The number of hydrogen-bond donors (Lipinski definition) is 0. The second kappa shape index (κ2) is 7.09. The third-order valence-electron chi connectivity index (χ3n) is 4.59. The van der Waals surface area contributed by atoms with Crippen LogP contribution in [0.15, 0.2) is 40.9 Å². The van der Waals surface area contributed by atoms with Crippen molar-refractivity contribution in [3.63, 3.8) is 0 Å². The molecule has 1 aliphatic rings. The third kappa shape index (κ3) is 3.57. The predicted molar refractivity (Wildman–Crippen MR) is 93.1 cm³/mol. The molecule has 0 aliphatic carbocycles. The van der Waals surface area contributed by atoms with Crippen molar-refractivity contribution in [2.75, 3.05) is 19.6 Å². The molecule has 1 aromatic carbocycles. The molecule has 1 aliphatic heterocycles. The average Bonchev–Trinajstić information content (AvgIpc) is 3.11. The van der Waals surface area contributed by atoms with E-state index < -0.39 is 0 Å². The van der Waals surface area contributed by atoms with Crippen LogP contribution >= 0.6 is 0 Å². The van der Waals surface area contributed by atoms with Gasteiger partial charge in [0.1, 0.15) is 0 Å². The molecule has 0 radical (unpaired) electrons. The molecule has 2 amide bonds. The SMILES string of the molecule is CC(=O)N1CCN(C(=O)c2cc(C(C)C)no2)C[C@@H]1c1ccccc1. The van der Waals surface area contributed by atoms with E-state index in [2.05, 4.69) is 5.16 Å². The minimum Gasteiger partial charge on any atom is -0.351 e. The monoisotopic (exact) mass is 341 g/mol. The normalized spacial score (nSPS) is 17.8. The fraction of sp³-hybridized carbons (Fsp3) is 0.421. The number of carbonyl (C=O) groups excluding carboxylic acids is 2. The van der Waals surface area contributed by atoms with Crippen LogP contribution in [-0.2, 0) is 4.79 Å². The van der Waals surface area contributed by atoms with Crippen molar-refractivity contribution in [2.24, 2.45) is 0 Å². The van der Waals surface area contributed by atoms with Crippen molar-refractivity contribution in [1.82, 2.24) is 15.0 Å². The highest BCUT2D eigenvalue weighted by Crippen LogP contribution is 2.27. The van der Waals surface area contributed by atoms with Crippen LogP contribution in [0.25, 0.3) is 0 Å². The van der Waals surface area contributed by atoms with Crippen LogP contribution in [-0.4, -0.2) is 46.4 Å². The molecule has 2 aromatic rings. The lowest BCUT2D eigenvalue weighted by molar-refractivity contribution is -0.133. The average molecular weight is 341 g/mol. The summed E-state index contributed by atoms with van der Waals surface area (Å²) in [6, 6.07) is 11.4. The summed E-state index contributed by atoms with van der Waals surface area (Å²) in [4.78, 5) is 28.3. The summed E-state index contributed by atoms with van der Waals surface area (Å²) in [6.45, 7) is 7.01. The van der Waals surface area contributed by atoms with Crippen LogP contribution in [0.4, 0.5) is 0 Å². The van der Waals surface area contributed by atoms with Crippen LogP contribution in [0.1, 0.15) is 54.5 Å². The zero-order chi connectivity index (χ0) is 18.0. The molecule has 25 heavy (non-hydrogen) atoms. The number of benzene rings is 1. The topological polar surface area (TPSA) is 66.7 Å². The highest BCUT2D eigenvalue weighted by atomic mass is 16.5. The number of piperazine rings is 1. The minimum atomic E-state index is -0.177. The Labute approximate surface area is 147 Å². The molecule has 132 valence electrons. The van der Waals surface area contributed by atoms with Crippen molar-refractivity contribution in [3.05, 3.63) is 53.4 Å². The summed E-state index contributed by atoms with van der Waals surface area (Å²) in [5, 5.41) is 3.96. The molecule has 3 rings (SSSR count). The van der Waals surface area contributed by atoms with E-state index in [0.29, 0.717) is 19.6 Å². The summed E-state index contributed by atoms with van der Waals surface area (Å²) >= 11 is 0. The molecule has 1 aromatic heterocycles. The van der Waals surface area contributed by atoms with Gasteiger partial charge in [0, 0.05) is 32.6 Å². The first-order valence-corrected chi connectivity index (χ1v) is 8.55. The summed E-state index contributed by atoms with van der Waals surface area (Å²) in [5.41, 5.74) is 1.79. The second-order valence-electron chi connectivity index (χ2n) is 6.66. The molecule has 0 unspecified atom stereocenters. The zero-order valence-corrected chi connectivity index (χ0v) is 14.8. The Hall–Kier alpha value is -2.63. The molecule has 1 saturated heterocycles. The molecule has 2 heterocycles. The number of amides is 2. The maximum Gasteiger partial charge on any atom is 0.292 e. The zero-order valence-electron chi connectivity index (χ0n) is 14.8. The molecule has 6 heteroatoms. The number of nitrogens with zero attached hydrogens (tertiary/aromatic N) is 3. The predicted octanol–water partition coefficient (Wildman–Crippen LogP) is 2.84. The van der Waals surface area contributed by atoms with Crippen LogP contribution < -0.4 is 0 Å². The van der Waals surface area contributed by atoms with Crippen LogP contribution in [0.3, 0.4) is 0 Å². The maximum absolute atomic E-state index is 12.8. The van der Waals surface area contributed by atoms with E-state index in [1.165, 1.54) is 0 Å². The molecular weight excluding hydrogens is 318 g/mol. The van der Waals surface area contributed by atoms with E-state index in [1.807, 2.05) is 49.1 Å². The number of hydrogen-bond acceptors (Lipinski definition) is 4. The van der Waals surface area contributed by atoms with E-state index in [-0.39, 0.29) is 29.5 Å². The highest BCUT2D eigenvalue weighted by molar-refractivity contribution is 5.91. The number of rotatable bonds is 3. The Balaban J connectivity index is 1.81. The summed E-state index contributed by atoms with van der Waals surface area (Å²) in [6.07, 6.45) is 0. The largest absolute Gasteiger partial charge is 0.351 e. The first kappa shape index (κ1) is 17.2. The Morgan fingerprint density at radius 1 is 1.20 bits per heavy atom. The van der Waals surface area contributed by atoms with Crippen molar-refractivity contribution in [3.8, 4) is 0 Å². The number of aromatic nitrogens is 1. The Morgan fingerprint density at radius 2 is 1.92 bits per heavy atom. The van der Waals surface area contributed by atoms with Gasteiger partial charge in [-0.2, -0.15) is 0 Å². The van der Waals surface area contributed by atoms with Gasteiger partial charge < -0.3 is 14.3 Å². The third-order valence-corrected chi connectivity index (χ3v) is 4.59. The van der Waals surface area contributed by atoms with Gasteiger partial charge in [0.25, 0.3) is 5.91 Å². The van der Waals surface area contributed by atoms with Gasteiger partial charge in [0.2, 0.25) is 11.7 Å². The summed E-state index contributed by atoms with van der Waals surface area (Å²) in [5.74, 6) is 0.301. The Bertz CT molecular complexity index is 754. The van der Waals surface area contributed by atoms with Crippen molar-refractivity contribution < 1.29 is 14.1 Å². The van der Waals surface area contributed by atoms with Crippen LogP contribution in [0.5, 0.6) is 0 Å². The standard InChI is InChI=1S/C19H23N3O3/c1-13(2)16-11-18(25-20-16)19(24)21-9-10-22(14(3)23)17(12-21)15-7-5-4-6-8-15/h4-8,11,13,17H,9-10,12H2,1-3H3/t17-/m1/s1. The van der Waals surface area contributed by atoms with Crippen LogP contribution in [0, 0.1) is 0 Å². The molecule has 1 fully saturated rings. The van der Waals surface area contributed by atoms with Crippen molar-refractivity contribution in [1.29, 1.82) is 0 Å². The minimum absolute atomic E-state index is 0.0164. The summed E-state index contributed by atoms with van der Waals surface area (Å²) < 4.78 is 5.23. The Kier molecular flexibility index (Phi) is 4.88. The Morgan fingerprint density at radius 3 is 2.52 bits per heavy atom. The summed E-state index contributed by atoms with van der Waals surface area (Å²) in [7, 11) is 0. The van der Waals surface area contributed by atoms with E-state index in [9.17, 15) is 9.59 Å². The van der Waals surface area contributed by atoms with Gasteiger partial charge in [0.05, 0.1) is 11.7 Å². The van der Waals surface area contributed by atoms with Gasteiger partial charge >= 0.3 is 0 Å². The smallest absolute Gasteiger partial charge is 0.292 e. The van der Waals surface area contributed by atoms with E-state index >= 15 is 0 Å².